The lowest BCUT2D eigenvalue weighted by atomic mass is 10.1. The van der Waals surface area contributed by atoms with Crippen LogP contribution in [0.1, 0.15) is 5.56 Å². The van der Waals surface area contributed by atoms with Gasteiger partial charge in [-0.2, -0.15) is 13.2 Å². The van der Waals surface area contributed by atoms with Gasteiger partial charge in [-0.05, 0) is 35.0 Å². The van der Waals surface area contributed by atoms with E-state index in [2.05, 4.69) is 23.8 Å². The number of benzene rings is 2. The number of hydrogen-bond acceptors (Lipinski definition) is 3. The van der Waals surface area contributed by atoms with Crippen molar-refractivity contribution >= 4 is 22.5 Å². The molecule has 0 bridgehead atoms. The summed E-state index contributed by atoms with van der Waals surface area (Å²) in [6.45, 7) is 7.66. The van der Waals surface area contributed by atoms with Gasteiger partial charge in [0.25, 0.3) is 0 Å². The van der Waals surface area contributed by atoms with Crippen LogP contribution in [0.2, 0.25) is 0 Å². The second-order valence-corrected chi connectivity index (χ2v) is 6.45. The minimum absolute atomic E-state index is 0.579. The molecule has 0 saturated heterocycles. The first-order chi connectivity index (χ1) is 11.3. The van der Waals surface area contributed by atoms with Crippen molar-refractivity contribution in [2.24, 2.45) is 0 Å². The van der Waals surface area contributed by atoms with Gasteiger partial charge in [-0.15, -0.1) is 11.8 Å². The van der Waals surface area contributed by atoms with Crippen molar-refractivity contribution in [3.8, 4) is 0 Å². The van der Waals surface area contributed by atoms with Crippen LogP contribution in [0.3, 0.4) is 0 Å². The van der Waals surface area contributed by atoms with Gasteiger partial charge in [-0.1, -0.05) is 25.3 Å². The quantitative estimate of drug-likeness (QED) is 0.762. The molecule has 1 aliphatic heterocycles. The van der Waals surface area contributed by atoms with Crippen LogP contribution in [0.25, 0.3) is 10.8 Å². The van der Waals surface area contributed by atoms with Crippen LogP contribution in [-0.2, 0) is 6.18 Å². The third-order valence-corrected chi connectivity index (χ3v) is 4.67. The highest BCUT2D eigenvalue weighted by molar-refractivity contribution is 7.99. The monoisotopic (exact) mass is 348 g/mol. The van der Waals surface area contributed by atoms with E-state index in [-0.39, 0.29) is 0 Å². The molecule has 0 atom stereocenters. The lowest BCUT2D eigenvalue weighted by Crippen LogP contribution is -2.27. The molecule has 2 N–H and O–H groups in total. The molecule has 0 aliphatic carbocycles. The Hall–Kier alpha value is -2.34. The maximum atomic E-state index is 12.7. The van der Waals surface area contributed by atoms with Crippen molar-refractivity contribution < 1.29 is 13.2 Å². The van der Waals surface area contributed by atoms with E-state index in [1.807, 2.05) is 18.3 Å². The molecule has 2 aromatic rings. The molecule has 2 aromatic carbocycles. The van der Waals surface area contributed by atoms with Crippen LogP contribution in [0.15, 0.2) is 77.7 Å². The van der Waals surface area contributed by atoms with E-state index in [9.17, 15) is 13.2 Å². The molecule has 0 aromatic heterocycles. The first kappa shape index (κ1) is 16.5. The molecule has 24 heavy (non-hydrogen) atoms. The minimum Gasteiger partial charge on any atom is -0.359 e. The summed E-state index contributed by atoms with van der Waals surface area (Å²) in [5.41, 5.74) is 1.79. The Labute approximate surface area is 142 Å². The van der Waals surface area contributed by atoms with Crippen LogP contribution in [0.5, 0.6) is 0 Å². The summed E-state index contributed by atoms with van der Waals surface area (Å²) in [5, 5.41) is 7.55. The summed E-state index contributed by atoms with van der Waals surface area (Å²) in [5.74, 6) is 0.686. The number of rotatable bonds is 3. The summed E-state index contributed by atoms with van der Waals surface area (Å²) in [7, 11) is 0. The first-order valence-corrected chi connectivity index (χ1v) is 8.16. The molecule has 0 radical (unpaired) electrons. The Morgan fingerprint density at radius 2 is 1.67 bits per heavy atom. The summed E-state index contributed by atoms with van der Waals surface area (Å²) in [6, 6.07) is 9.24. The zero-order chi connectivity index (χ0) is 17.3. The van der Waals surface area contributed by atoms with Gasteiger partial charge in [-0.25, -0.2) is 0 Å². The van der Waals surface area contributed by atoms with E-state index in [4.69, 9.17) is 0 Å². The predicted octanol–water partition coefficient (Wildman–Crippen LogP) is 5.01. The SMILES string of the molecule is C=C1NC=C(CSc2ccc3cc(C(F)(F)F)ccc3c2)NC1=C. The maximum absolute atomic E-state index is 12.7. The highest BCUT2D eigenvalue weighted by Crippen LogP contribution is 2.32. The van der Waals surface area contributed by atoms with Crippen molar-refractivity contribution in [3.63, 3.8) is 0 Å². The van der Waals surface area contributed by atoms with Crippen LogP contribution in [0.4, 0.5) is 13.2 Å². The molecule has 3 rings (SSSR count). The average Bonchev–Trinajstić information content (AvgIpc) is 2.54. The highest BCUT2D eigenvalue weighted by atomic mass is 32.2. The molecule has 124 valence electrons. The number of alkyl halides is 3. The predicted molar refractivity (Wildman–Crippen MR) is 92.3 cm³/mol. The second kappa shape index (κ2) is 6.28. The van der Waals surface area contributed by atoms with Gasteiger partial charge in [0.05, 0.1) is 17.0 Å². The molecule has 0 unspecified atom stereocenters. The third-order valence-electron chi connectivity index (χ3n) is 3.63. The number of halogens is 3. The molecule has 0 spiro atoms. The largest absolute Gasteiger partial charge is 0.416 e. The van der Waals surface area contributed by atoms with Crippen LogP contribution in [-0.4, -0.2) is 5.75 Å². The van der Waals surface area contributed by atoms with E-state index < -0.39 is 11.7 Å². The van der Waals surface area contributed by atoms with E-state index in [0.29, 0.717) is 11.1 Å². The fraction of sp³-hybridized carbons (Fsp3) is 0.111. The molecule has 6 heteroatoms. The van der Waals surface area contributed by atoms with E-state index >= 15 is 0 Å². The van der Waals surface area contributed by atoms with E-state index in [1.165, 1.54) is 12.1 Å². The van der Waals surface area contributed by atoms with Gasteiger partial charge >= 0.3 is 6.18 Å². The van der Waals surface area contributed by atoms with E-state index in [1.54, 1.807) is 17.8 Å². The van der Waals surface area contributed by atoms with Crippen molar-refractivity contribution in [1.29, 1.82) is 0 Å². The fourth-order valence-corrected chi connectivity index (χ4v) is 3.15. The third kappa shape index (κ3) is 3.59. The Bertz CT molecular complexity index is 853. The van der Waals surface area contributed by atoms with Crippen molar-refractivity contribution in [2.75, 3.05) is 5.75 Å². The molecule has 0 fully saturated rings. The van der Waals surface area contributed by atoms with Gasteiger partial charge in [0.15, 0.2) is 0 Å². The van der Waals surface area contributed by atoms with Crippen LogP contribution < -0.4 is 10.6 Å². The topological polar surface area (TPSA) is 24.1 Å². The van der Waals surface area contributed by atoms with E-state index in [0.717, 1.165) is 33.4 Å². The normalized spacial score (nSPS) is 15.0. The summed E-state index contributed by atoms with van der Waals surface area (Å²) < 4.78 is 38.2. The Kier molecular flexibility index (Phi) is 4.32. The van der Waals surface area contributed by atoms with Gasteiger partial charge in [0.2, 0.25) is 0 Å². The fourth-order valence-electron chi connectivity index (χ4n) is 2.30. The number of thioether (sulfide) groups is 1. The summed E-state index contributed by atoms with van der Waals surface area (Å²) in [6.07, 6.45) is -2.49. The zero-order valence-corrected chi connectivity index (χ0v) is 13.5. The summed E-state index contributed by atoms with van der Waals surface area (Å²) in [4.78, 5) is 0.986. The zero-order valence-electron chi connectivity index (χ0n) is 12.7. The average molecular weight is 348 g/mol. The van der Waals surface area contributed by atoms with Crippen LogP contribution >= 0.6 is 11.8 Å². The molecule has 1 aliphatic rings. The standard InChI is InChI=1S/C18H15F3N2S/c1-11-12(2)23-16(9-22-11)10-24-17-6-4-13-7-15(18(19,20)21)5-3-14(13)8-17/h3-9,22-23H,1-2,10H2. The molecular weight excluding hydrogens is 333 g/mol. The van der Waals surface area contributed by atoms with Crippen molar-refractivity contribution in [2.45, 2.75) is 11.1 Å². The second-order valence-electron chi connectivity index (χ2n) is 5.41. The van der Waals surface area contributed by atoms with Crippen LogP contribution in [0, 0.1) is 0 Å². The molecule has 2 nitrogen and oxygen atoms in total. The van der Waals surface area contributed by atoms with Gasteiger partial charge in [-0.3, -0.25) is 0 Å². The Balaban J connectivity index is 1.74. The molecule has 0 saturated carbocycles. The highest BCUT2D eigenvalue weighted by Gasteiger charge is 2.30. The van der Waals surface area contributed by atoms with Gasteiger partial charge < -0.3 is 10.6 Å². The minimum atomic E-state index is -4.32. The lowest BCUT2D eigenvalue weighted by Gasteiger charge is -2.20. The van der Waals surface area contributed by atoms with Crippen molar-refractivity contribution in [3.05, 3.63) is 78.4 Å². The first-order valence-electron chi connectivity index (χ1n) is 7.17. The Morgan fingerprint density at radius 1 is 0.958 bits per heavy atom. The van der Waals surface area contributed by atoms with Gasteiger partial charge in [0, 0.05) is 22.5 Å². The molecule has 1 heterocycles. The number of fused-ring (bicyclic) bond motifs is 1. The van der Waals surface area contributed by atoms with Crippen molar-refractivity contribution in [1.82, 2.24) is 10.6 Å². The maximum Gasteiger partial charge on any atom is 0.416 e. The smallest absolute Gasteiger partial charge is 0.359 e. The summed E-state index contributed by atoms with van der Waals surface area (Å²) >= 11 is 1.59. The number of nitrogens with one attached hydrogen (secondary N) is 2. The molecule has 0 amide bonds. The Morgan fingerprint density at radius 3 is 2.38 bits per heavy atom. The number of hydrogen-bond donors (Lipinski definition) is 2. The van der Waals surface area contributed by atoms with Gasteiger partial charge in [0.1, 0.15) is 0 Å². The lowest BCUT2D eigenvalue weighted by molar-refractivity contribution is -0.137. The molecular formula is C18H15F3N2S.